The lowest BCUT2D eigenvalue weighted by molar-refractivity contribution is -0.766. The Morgan fingerprint density at radius 2 is 1.71 bits per heavy atom. The van der Waals surface area contributed by atoms with E-state index < -0.39 is 5.09 Å². The first kappa shape index (κ1) is 39.8. The van der Waals surface area contributed by atoms with E-state index in [0.29, 0.717) is 46.1 Å². The third-order valence-electron chi connectivity index (χ3n) is 8.37. The Hall–Kier alpha value is -4.99. The number of piperazine rings is 1. The lowest BCUT2D eigenvalue weighted by Gasteiger charge is -2.41. The highest BCUT2D eigenvalue weighted by Gasteiger charge is 2.28. The zero-order valence-electron chi connectivity index (χ0n) is 30.2. The molecule has 0 radical (unpaired) electrons. The van der Waals surface area contributed by atoms with Crippen LogP contribution in [-0.2, 0) is 30.4 Å². The van der Waals surface area contributed by atoms with Gasteiger partial charge in [0.15, 0.2) is 6.79 Å². The molecule has 0 aromatic heterocycles. The molecule has 0 aliphatic carbocycles. The number of hydrogen-bond acceptors (Lipinski definition) is 13. The lowest BCUT2D eigenvalue weighted by Crippen LogP contribution is -2.55. The second-order valence-electron chi connectivity index (χ2n) is 11.9. The highest BCUT2D eigenvalue weighted by atomic mass is 17.0. The summed E-state index contributed by atoms with van der Waals surface area (Å²) in [6.45, 7) is 6.93. The largest absolute Gasteiger partial charge is 0.496 e. The fraction of sp³-hybridized carbons (Fsp3) is 0.486. The molecule has 3 aromatic carbocycles. The van der Waals surface area contributed by atoms with Gasteiger partial charge >= 0.3 is 0 Å². The minimum atomic E-state index is -0.913. The molecular formula is C37H50N4O11. The zero-order valence-corrected chi connectivity index (χ0v) is 30.2. The molecule has 2 heterocycles. The Balaban J connectivity index is 0.000000785. The molecule has 0 spiro atoms. The van der Waals surface area contributed by atoms with Gasteiger partial charge in [0, 0.05) is 70.7 Å². The van der Waals surface area contributed by atoms with E-state index in [0.717, 1.165) is 85.4 Å². The highest BCUT2D eigenvalue weighted by Crippen LogP contribution is 2.35. The summed E-state index contributed by atoms with van der Waals surface area (Å²) in [5.74, 6) is 3.31. The minimum Gasteiger partial charge on any atom is -0.496 e. The summed E-state index contributed by atoms with van der Waals surface area (Å²) in [5.41, 5.74) is 3.15. The first-order valence-corrected chi connectivity index (χ1v) is 17.2. The minimum absolute atomic E-state index is 0.00111. The van der Waals surface area contributed by atoms with Crippen molar-refractivity contribution >= 4 is 17.8 Å². The maximum atomic E-state index is 11.6. The number of rotatable bonds is 20. The second kappa shape index (κ2) is 22.1. The smallest absolute Gasteiger partial charge is 0.296 e. The average Bonchev–Trinajstić information content (AvgIpc) is 3.18. The highest BCUT2D eigenvalue weighted by molar-refractivity contribution is 5.63. The van der Waals surface area contributed by atoms with Crippen molar-refractivity contribution < 1.29 is 47.9 Å². The fourth-order valence-electron chi connectivity index (χ4n) is 5.81. The summed E-state index contributed by atoms with van der Waals surface area (Å²) < 4.78 is 38.8. The van der Waals surface area contributed by atoms with Gasteiger partial charge in [-0.05, 0) is 48.9 Å². The Kier molecular flexibility index (Phi) is 16.9. The van der Waals surface area contributed by atoms with Crippen LogP contribution in [0.5, 0.6) is 23.0 Å². The van der Waals surface area contributed by atoms with Gasteiger partial charge in [0.05, 0.1) is 45.2 Å². The maximum Gasteiger partial charge on any atom is 0.296 e. The standard InChI is InChI=1S/C35H45N3O7.C2H5NO4/c1-40-19-5-15-37-18-22-44-35-14-13-32(23-33(35)37)45-26-30-24-36(27-39)16-17-38(30)29-9-11-31(12-10-29)43-21-6-20-42-25-28-7-3-4-8-34(28)41-2;1-6-2-7-3(4)5/h3-4,7-14,23,27,30H,5-6,15-22,24-26H2,1-2H3;2H2,1H3. The van der Waals surface area contributed by atoms with Crippen molar-refractivity contribution in [2.75, 3.05) is 104 Å². The Bertz CT molecular complexity index is 1500. The van der Waals surface area contributed by atoms with Gasteiger partial charge in [0.2, 0.25) is 6.41 Å². The molecule has 1 fully saturated rings. The van der Waals surface area contributed by atoms with Crippen LogP contribution in [0.3, 0.4) is 0 Å². The van der Waals surface area contributed by atoms with E-state index in [9.17, 15) is 14.9 Å². The molecule has 0 bridgehead atoms. The predicted molar refractivity (Wildman–Crippen MR) is 194 cm³/mol. The van der Waals surface area contributed by atoms with E-state index in [-0.39, 0.29) is 12.8 Å². The molecule has 15 nitrogen and oxygen atoms in total. The normalized spacial score (nSPS) is 15.1. The number of ether oxygens (including phenoxy) is 7. The molecule has 2 aliphatic rings. The van der Waals surface area contributed by atoms with Gasteiger partial charge in [-0.25, -0.2) is 0 Å². The summed E-state index contributed by atoms with van der Waals surface area (Å²) >= 11 is 0. The van der Waals surface area contributed by atoms with Crippen LogP contribution in [0.25, 0.3) is 0 Å². The number of methoxy groups -OCH3 is 3. The maximum absolute atomic E-state index is 11.6. The van der Waals surface area contributed by atoms with Crippen molar-refractivity contribution in [2.45, 2.75) is 25.5 Å². The summed E-state index contributed by atoms with van der Waals surface area (Å²) in [6, 6.07) is 22.0. The molecule has 52 heavy (non-hydrogen) atoms. The quantitative estimate of drug-likeness (QED) is 0.0533. The molecule has 2 aliphatic heterocycles. The molecule has 0 N–H and O–H groups in total. The molecule has 3 aromatic rings. The lowest BCUT2D eigenvalue weighted by atomic mass is 10.1. The van der Waals surface area contributed by atoms with Gasteiger partial charge in [-0.2, -0.15) is 0 Å². The molecule has 1 amide bonds. The number of nitrogens with zero attached hydrogens (tertiary/aromatic N) is 4. The van der Waals surface area contributed by atoms with E-state index in [2.05, 4.69) is 37.6 Å². The number of anilines is 2. The fourth-order valence-corrected chi connectivity index (χ4v) is 5.81. The summed E-state index contributed by atoms with van der Waals surface area (Å²) in [5, 5.41) is 8.35. The summed E-state index contributed by atoms with van der Waals surface area (Å²) in [7, 11) is 4.71. The van der Waals surface area contributed by atoms with E-state index >= 15 is 0 Å². The second-order valence-corrected chi connectivity index (χ2v) is 11.9. The van der Waals surface area contributed by atoms with Crippen LogP contribution in [0, 0.1) is 10.1 Å². The van der Waals surface area contributed by atoms with Gasteiger partial charge in [0.1, 0.15) is 36.2 Å². The number of para-hydroxylation sites is 1. The number of carbonyl (C=O) groups is 1. The van der Waals surface area contributed by atoms with Gasteiger partial charge in [-0.1, -0.05) is 18.2 Å². The van der Waals surface area contributed by atoms with Crippen LogP contribution in [0.15, 0.2) is 66.7 Å². The first-order chi connectivity index (χ1) is 25.4. The van der Waals surface area contributed by atoms with Crippen molar-refractivity contribution in [2.24, 2.45) is 0 Å². The predicted octanol–water partition coefficient (Wildman–Crippen LogP) is 4.44. The van der Waals surface area contributed by atoms with E-state index in [4.69, 9.17) is 28.4 Å². The third-order valence-corrected chi connectivity index (χ3v) is 8.37. The van der Waals surface area contributed by atoms with Crippen molar-refractivity contribution in [1.29, 1.82) is 0 Å². The number of fused-ring (bicyclic) bond motifs is 1. The number of amides is 1. The Morgan fingerprint density at radius 3 is 2.44 bits per heavy atom. The van der Waals surface area contributed by atoms with Gasteiger partial charge in [-0.15, -0.1) is 10.1 Å². The van der Waals surface area contributed by atoms with Crippen molar-refractivity contribution in [1.82, 2.24) is 4.90 Å². The van der Waals surface area contributed by atoms with Crippen molar-refractivity contribution in [3.05, 3.63) is 82.4 Å². The van der Waals surface area contributed by atoms with Crippen molar-refractivity contribution in [3.63, 3.8) is 0 Å². The van der Waals surface area contributed by atoms with Crippen LogP contribution in [-0.4, -0.2) is 116 Å². The molecular weight excluding hydrogens is 676 g/mol. The number of hydrogen-bond donors (Lipinski definition) is 0. The molecule has 1 unspecified atom stereocenters. The first-order valence-electron chi connectivity index (χ1n) is 17.2. The topological polar surface area (TPSA) is 144 Å². The van der Waals surface area contributed by atoms with Crippen molar-refractivity contribution in [3.8, 4) is 23.0 Å². The molecule has 0 saturated carbocycles. The molecule has 15 heteroatoms. The molecule has 5 rings (SSSR count). The van der Waals surface area contributed by atoms with E-state index in [1.54, 1.807) is 14.2 Å². The van der Waals surface area contributed by atoms with E-state index in [1.165, 1.54) is 7.11 Å². The van der Waals surface area contributed by atoms with E-state index in [1.807, 2.05) is 53.4 Å². The van der Waals surface area contributed by atoms with Gasteiger partial charge in [-0.3, -0.25) is 9.63 Å². The summed E-state index contributed by atoms with van der Waals surface area (Å²) in [4.78, 5) is 31.1. The van der Waals surface area contributed by atoms with Crippen LogP contribution in [0.1, 0.15) is 18.4 Å². The average molecular weight is 727 g/mol. The molecule has 1 saturated heterocycles. The molecule has 1 atom stereocenters. The number of carbonyl (C=O) groups excluding carboxylic acids is 1. The number of benzene rings is 3. The zero-order chi connectivity index (χ0) is 37.0. The van der Waals surface area contributed by atoms with Crippen LogP contribution in [0.4, 0.5) is 11.4 Å². The third kappa shape index (κ3) is 12.7. The Morgan fingerprint density at radius 1 is 0.904 bits per heavy atom. The van der Waals surface area contributed by atoms with Crippen LogP contribution in [0.2, 0.25) is 0 Å². The SMILES string of the molecule is COCCCN1CCOc2ccc(OCC3CN(C=O)CCN3c3ccc(OCCCOCc4ccccc4OC)cc3)cc21.COCO[N+](=O)[O-]. The summed E-state index contributed by atoms with van der Waals surface area (Å²) in [6.07, 6.45) is 2.65. The van der Waals surface area contributed by atoms with Crippen LogP contribution >= 0.6 is 0 Å². The van der Waals surface area contributed by atoms with Crippen LogP contribution < -0.4 is 28.7 Å². The van der Waals surface area contributed by atoms with Gasteiger partial charge in [0.25, 0.3) is 5.09 Å². The van der Waals surface area contributed by atoms with Gasteiger partial charge < -0.3 is 47.9 Å². The Labute approximate surface area is 304 Å². The molecule has 284 valence electrons. The monoisotopic (exact) mass is 726 g/mol.